The largest absolute Gasteiger partial charge is 0.477 e. The lowest BCUT2D eigenvalue weighted by Crippen LogP contribution is -2.26. The minimum Gasteiger partial charge on any atom is -0.477 e. The van der Waals surface area contributed by atoms with Gasteiger partial charge in [0.05, 0.1) is 11.7 Å². The Kier molecular flexibility index (Phi) is 5.03. The highest BCUT2D eigenvalue weighted by atomic mass is 32.1. The first-order valence-corrected chi connectivity index (χ1v) is 6.38. The maximum Gasteiger partial charge on any atom is 0.347 e. The molecule has 1 amide bonds. The van der Waals surface area contributed by atoms with Gasteiger partial charge in [-0.25, -0.2) is 9.78 Å². The molecule has 1 aromatic rings. The van der Waals surface area contributed by atoms with Gasteiger partial charge in [0, 0.05) is 6.42 Å². The number of aromatic carboxylic acids is 1. The number of amides is 1. The molecule has 18 heavy (non-hydrogen) atoms. The van der Waals surface area contributed by atoms with Crippen LogP contribution in [0.1, 0.15) is 46.2 Å². The third kappa shape index (κ3) is 3.66. The first-order valence-electron chi connectivity index (χ1n) is 5.56. The van der Waals surface area contributed by atoms with E-state index in [9.17, 15) is 9.59 Å². The summed E-state index contributed by atoms with van der Waals surface area (Å²) in [6, 6.07) is -0.279. The van der Waals surface area contributed by atoms with Gasteiger partial charge < -0.3 is 10.4 Å². The minimum absolute atomic E-state index is 0.0906. The van der Waals surface area contributed by atoms with E-state index in [0.29, 0.717) is 23.5 Å². The molecule has 0 aliphatic heterocycles. The topological polar surface area (TPSA) is 79.3 Å². The zero-order valence-electron chi connectivity index (χ0n) is 10.4. The van der Waals surface area contributed by atoms with Crippen molar-refractivity contribution >= 4 is 23.2 Å². The average Bonchev–Trinajstić information content (AvgIpc) is 2.68. The summed E-state index contributed by atoms with van der Waals surface area (Å²) in [6.45, 7) is 6.98. The second-order valence-corrected chi connectivity index (χ2v) is 4.92. The van der Waals surface area contributed by atoms with Crippen molar-refractivity contribution in [3.8, 4) is 0 Å². The number of hydrogen-bond acceptors (Lipinski definition) is 4. The van der Waals surface area contributed by atoms with Gasteiger partial charge in [-0.2, -0.15) is 0 Å². The Balaban J connectivity index is 2.69. The normalized spacial score (nSPS) is 11.9. The van der Waals surface area contributed by atoms with Crippen molar-refractivity contribution in [2.45, 2.75) is 32.7 Å². The number of thiazole rings is 1. The molecular weight excluding hydrogens is 252 g/mol. The van der Waals surface area contributed by atoms with Crippen LogP contribution < -0.4 is 5.32 Å². The van der Waals surface area contributed by atoms with Crippen molar-refractivity contribution in [1.29, 1.82) is 0 Å². The predicted octanol–water partition coefficient (Wildman–Crippen LogP) is 2.29. The number of aromatic nitrogens is 1. The highest BCUT2D eigenvalue weighted by molar-refractivity contribution is 7.13. The molecule has 2 N–H and O–H groups in total. The summed E-state index contributed by atoms with van der Waals surface area (Å²) < 4.78 is 0. The fourth-order valence-electron chi connectivity index (χ4n) is 1.41. The smallest absolute Gasteiger partial charge is 0.347 e. The number of aryl methyl sites for hydroxylation is 1. The van der Waals surface area contributed by atoms with Crippen LogP contribution in [0.3, 0.4) is 0 Å². The molecule has 0 aromatic carbocycles. The summed E-state index contributed by atoms with van der Waals surface area (Å²) in [4.78, 5) is 26.8. The predicted molar refractivity (Wildman–Crippen MR) is 69.8 cm³/mol. The average molecular weight is 268 g/mol. The Morgan fingerprint density at radius 3 is 2.78 bits per heavy atom. The van der Waals surface area contributed by atoms with E-state index >= 15 is 0 Å². The van der Waals surface area contributed by atoms with Crippen LogP contribution in [0.15, 0.2) is 12.7 Å². The maximum atomic E-state index is 11.5. The highest BCUT2D eigenvalue weighted by Crippen LogP contribution is 2.23. The quantitative estimate of drug-likeness (QED) is 0.776. The van der Waals surface area contributed by atoms with Crippen LogP contribution >= 0.6 is 11.3 Å². The summed E-state index contributed by atoms with van der Waals surface area (Å²) in [5.74, 6) is -1.08. The SMILES string of the molecule is C=CCCC(=O)N[C@H](C)c1nc(C)c(C(=O)O)s1. The van der Waals surface area contributed by atoms with Gasteiger partial charge in [0.1, 0.15) is 9.88 Å². The Labute approximate surface area is 110 Å². The van der Waals surface area contributed by atoms with Gasteiger partial charge in [0.15, 0.2) is 0 Å². The van der Waals surface area contributed by atoms with E-state index in [2.05, 4.69) is 16.9 Å². The van der Waals surface area contributed by atoms with Crippen molar-refractivity contribution in [2.24, 2.45) is 0 Å². The van der Waals surface area contributed by atoms with Gasteiger partial charge in [0.2, 0.25) is 5.91 Å². The molecule has 1 atom stereocenters. The molecule has 1 aromatic heterocycles. The van der Waals surface area contributed by atoms with E-state index in [0.717, 1.165) is 11.3 Å². The van der Waals surface area contributed by atoms with E-state index in [1.807, 2.05) is 0 Å². The fraction of sp³-hybridized carbons (Fsp3) is 0.417. The Bertz CT molecular complexity index is 468. The van der Waals surface area contributed by atoms with Gasteiger partial charge in [-0.15, -0.1) is 17.9 Å². The second-order valence-electron chi connectivity index (χ2n) is 3.89. The van der Waals surface area contributed by atoms with E-state index in [1.165, 1.54) is 0 Å². The molecule has 1 rings (SSSR count). The van der Waals surface area contributed by atoms with E-state index < -0.39 is 5.97 Å². The zero-order valence-corrected chi connectivity index (χ0v) is 11.2. The van der Waals surface area contributed by atoms with Crippen LogP contribution in [0, 0.1) is 6.92 Å². The van der Waals surface area contributed by atoms with Crippen molar-refractivity contribution in [2.75, 3.05) is 0 Å². The molecule has 6 heteroatoms. The molecule has 0 saturated heterocycles. The van der Waals surface area contributed by atoms with E-state index in [1.54, 1.807) is 19.9 Å². The molecule has 0 aliphatic rings. The number of carbonyl (C=O) groups excluding carboxylic acids is 1. The number of carbonyl (C=O) groups is 2. The van der Waals surface area contributed by atoms with Crippen LogP contribution in [0.5, 0.6) is 0 Å². The van der Waals surface area contributed by atoms with E-state index in [-0.39, 0.29) is 16.8 Å². The number of allylic oxidation sites excluding steroid dienone is 1. The lowest BCUT2D eigenvalue weighted by molar-refractivity contribution is -0.121. The maximum absolute atomic E-state index is 11.5. The molecule has 0 radical (unpaired) electrons. The summed E-state index contributed by atoms with van der Waals surface area (Å²) in [5.41, 5.74) is 0.481. The summed E-state index contributed by atoms with van der Waals surface area (Å²) in [5, 5.41) is 12.3. The number of hydrogen-bond donors (Lipinski definition) is 2. The van der Waals surface area contributed by atoms with Crippen LogP contribution in [-0.2, 0) is 4.79 Å². The minimum atomic E-state index is -0.985. The first kappa shape index (κ1) is 14.4. The van der Waals surface area contributed by atoms with Crippen LogP contribution in [0.25, 0.3) is 0 Å². The molecule has 0 bridgehead atoms. The number of carboxylic acid groups (broad SMARTS) is 1. The molecule has 0 aliphatic carbocycles. The van der Waals surface area contributed by atoms with E-state index in [4.69, 9.17) is 5.11 Å². The number of nitrogens with zero attached hydrogens (tertiary/aromatic N) is 1. The van der Waals surface area contributed by atoms with Gasteiger partial charge in [0.25, 0.3) is 0 Å². The monoisotopic (exact) mass is 268 g/mol. The van der Waals surface area contributed by atoms with Crippen molar-refractivity contribution in [3.63, 3.8) is 0 Å². The Morgan fingerprint density at radius 2 is 2.28 bits per heavy atom. The molecular formula is C12H16N2O3S. The molecule has 0 fully saturated rings. The summed E-state index contributed by atoms with van der Waals surface area (Å²) in [7, 11) is 0. The Morgan fingerprint density at radius 1 is 1.61 bits per heavy atom. The van der Waals surface area contributed by atoms with Crippen molar-refractivity contribution in [3.05, 3.63) is 28.2 Å². The van der Waals surface area contributed by atoms with Gasteiger partial charge >= 0.3 is 5.97 Å². The highest BCUT2D eigenvalue weighted by Gasteiger charge is 2.18. The van der Waals surface area contributed by atoms with Gasteiger partial charge in [-0.1, -0.05) is 6.08 Å². The van der Waals surface area contributed by atoms with Crippen LogP contribution in [0.4, 0.5) is 0 Å². The molecule has 1 heterocycles. The van der Waals surface area contributed by atoms with Crippen LogP contribution in [0.2, 0.25) is 0 Å². The molecule has 5 nitrogen and oxygen atoms in total. The molecule has 0 saturated carbocycles. The third-order valence-corrected chi connectivity index (χ3v) is 3.66. The summed E-state index contributed by atoms with van der Waals surface area (Å²) >= 11 is 1.10. The number of carboxylic acids is 1. The lowest BCUT2D eigenvalue weighted by atomic mass is 10.2. The first-order chi connectivity index (χ1) is 8.45. The Hall–Kier alpha value is -1.69. The third-order valence-electron chi connectivity index (χ3n) is 2.33. The molecule has 98 valence electrons. The fourth-order valence-corrected chi connectivity index (χ4v) is 2.32. The number of rotatable bonds is 6. The summed E-state index contributed by atoms with van der Waals surface area (Å²) in [6.07, 6.45) is 2.68. The van der Waals surface area contributed by atoms with Gasteiger partial charge in [-0.05, 0) is 20.3 Å². The molecule has 0 unspecified atom stereocenters. The van der Waals surface area contributed by atoms with Gasteiger partial charge in [-0.3, -0.25) is 4.79 Å². The molecule has 0 spiro atoms. The lowest BCUT2D eigenvalue weighted by Gasteiger charge is -2.10. The van der Waals surface area contributed by atoms with Crippen molar-refractivity contribution < 1.29 is 14.7 Å². The standard InChI is InChI=1S/C12H16N2O3S/c1-4-5-6-9(15)13-8(3)11-14-7(2)10(18-11)12(16)17/h4,8H,1,5-6H2,2-3H3,(H,13,15)(H,16,17)/t8-/m1/s1. The second kappa shape index (κ2) is 6.30. The van der Waals surface area contributed by atoms with Crippen molar-refractivity contribution in [1.82, 2.24) is 10.3 Å². The number of nitrogens with one attached hydrogen (secondary N) is 1. The van der Waals surface area contributed by atoms with Crippen LogP contribution in [-0.4, -0.2) is 22.0 Å². The zero-order chi connectivity index (χ0) is 13.7.